The highest BCUT2D eigenvalue weighted by atomic mass is 16.5. The number of aryl methyl sites for hydroxylation is 1. The van der Waals surface area contributed by atoms with Crippen LogP contribution in [0.1, 0.15) is 44.4 Å². The van der Waals surface area contributed by atoms with Gasteiger partial charge in [0.2, 0.25) is 0 Å². The van der Waals surface area contributed by atoms with E-state index in [1.165, 1.54) is 11.1 Å². The highest BCUT2D eigenvalue weighted by Gasteiger charge is 2.21. The van der Waals surface area contributed by atoms with Crippen molar-refractivity contribution in [2.24, 2.45) is 0 Å². The van der Waals surface area contributed by atoms with Crippen LogP contribution in [-0.4, -0.2) is 7.11 Å². The summed E-state index contributed by atoms with van der Waals surface area (Å²) in [6.45, 7) is 12.4. The fourth-order valence-corrected chi connectivity index (χ4v) is 2.02. The van der Waals surface area contributed by atoms with Crippen LogP contribution >= 0.6 is 0 Å². The van der Waals surface area contributed by atoms with Crippen molar-refractivity contribution in [2.75, 3.05) is 7.11 Å². The van der Waals surface area contributed by atoms with Crippen molar-refractivity contribution in [2.45, 2.75) is 39.5 Å². The lowest BCUT2D eigenvalue weighted by Crippen LogP contribution is -2.14. The molecule has 0 aliphatic carbocycles. The molecule has 0 aliphatic heterocycles. The Morgan fingerprint density at radius 3 is 2.41 bits per heavy atom. The van der Waals surface area contributed by atoms with Gasteiger partial charge in [-0.3, -0.25) is 0 Å². The van der Waals surface area contributed by atoms with E-state index >= 15 is 0 Å². The molecule has 0 radical (unpaired) electrons. The van der Waals surface area contributed by atoms with E-state index in [0.717, 1.165) is 17.7 Å². The van der Waals surface area contributed by atoms with Crippen LogP contribution in [0.2, 0.25) is 0 Å². The Hall–Kier alpha value is -1.46. The Kier molecular flexibility index (Phi) is 4.20. The van der Waals surface area contributed by atoms with Gasteiger partial charge in [-0.1, -0.05) is 46.4 Å². The van der Waals surface area contributed by atoms with Crippen molar-refractivity contribution in [1.82, 2.24) is 0 Å². The van der Waals surface area contributed by atoms with Crippen molar-refractivity contribution < 1.29 is 4.74 Å². The highest BCUT2D eigenvalue weighted by Crippen LogP contribution is 2.36. The summed E-state index contributed by atoms with van der Waals surface area (Å²) in [5.41, 5.74) is 6.53. The summed E-state index contributed by atoms with van der Waals surface area (Å²) in [6, 6.07) is 4.34. The number of benzene rings is 1. The number of rotatable bonds is 3. The molecule has 1 aromatic carbocycles. The third-order valence-corrected chi connectivity index (χ3v) is 2.93. The molecule has 0 saturated carbocycles. The minimum atomic E-state index is 0.0708. The van der Waals surface area contributed by atoms with Gasteiger partial charge in [-0.2, -0.15) is 0 Å². The van der Waals surface area contributed by atoms with Crippen molar-refractivity contribution in [3.05, 3.63) is 41.1 Å². The van der Waals surface area contributed by atoms with Crippen LogP contribution < -0.4 is 4.74 Å². The normalized spacial score (nSPS) is 10.9. The molecule has 0 heterocycles. The average Bonchev–Trinajstić information content (AvgIpc) is 2.27. The van der Waals surface area contributed by atoms with E-state index in [2.05, 4.69) is 52.1 Å². The summed E-state index contributed by atoms with van der Waals surface area (Å²) in [5.74, 6) is 0.952. The minimum Gasteiger partial charge on any atom is -0.496 e. The summed E-state index contributed by atoms with van der Waals surface area (Å²) in [4.78, 5) is 0. The molecule has 0 unspecified atom stereocenters. The van der Waals surface area contributed by atoms with Gasteiger partial charge in [0.25, 0.3) is 0 Å². The van der Waals surface area contributed by atoms with Crippen LogP contribution in [0.4, 0.5) is 0 Å². The van der Waals surface area contributed by atoms with Crippen LogP contribution in [0, 0.1) is 0 Å². The summed E-state index contributed by atoms with van der Waals surface area (Å²) < 4.78 is 5.60. The standard InChI is InChI=1S/C16H22O/c1-7-9-13-12(8-2)10-11-14(15(13)17-6)16(3,4)5/h9-11H,1,8H2,2-6H3. The zero-order valence-corrected chi connectivity index (χ0v) is 11.6. The molecule has 1 nitrogen and oxygen atoms in total. The van der Waals surface area contributed by atoms with Crippen LogP contribution in [0.3, 0.4) is 0 Å². The molecule has 0 atom stereocenters. The first kappa shape index (κ1) is 13.6. The zero-order chi connectivity index (χ0) is 13.1. The lowest BCUT2D eigenvalue weighted by atomic mass is 9.83. The Labute approximate surface area is 105 Å². The first-order valence-electron chi connectivity index (χ1n) is 6.01. The first-order chi connectivity index (χ1) is 7.95. The van der Waals surface area contributed by atoms with Crippen LogP contribution in [0.15, 0.2) is 24.4 Å². The molecule has 0 aliphatic rings. The molecule has 0 aromatic heterocycles. The number of hydrogen-bond acceptors (Lipinski definition) is 1. The van der Waals surface area contributed by atoms with Crippen molar-refractivity contribution >= 4 is 6.08 Å². The van der Waals surface area contributed by atoms with Crippen LogP contribution in [0.25, 0.3) is 6.08 Å². The van der Waals surface area contributed by atoms with Crippen LogP contribution in [0.5, 0.6) is 5.75 Å². The van der Waals surface area contributed by atoms with E-state index in [1.54, 1.807) is 7.11 Å². The van der Waals surface area contributed by atoms with E-state index in [0.29, 0.717) is 0 Å². The van der Waals surface area contributed by atoms with Gasteiger partial charge in [-0.05, 0) is 23.5 Å². The predicted octanol–water partition coefficient (Wildman–Crippen LogP) is 4.35. The average molecular weight is 230 g/mol. The Morgan fingerprint density at radius 1 is 1.35 bits per heavy atom. The van der Waals surface area contributed by atoms with Gasteiger partial charge in [-0.25, -0.2) is 0 Å². The number of ether oxygens (including phenoxy) is 1. The first-order valence-corrected chi connectivity index (χ1v) is 6.01. The number of methoxy groups -OCH3 is 1. The van der Waals surface area contributed by atoms with E-state index in [1.807, 2.05) is 6.08 Å². The van der Waals surface area contributed by atoms with Gasteiger partial charge < -0.3 is 4.74 Å². The lowest BCUT2D eigenvalue weighted by Gasteiger charge is -2.24. The van der Waals surface area contributed by atoms with Crippen molar-refractivity contribution in [3.8, 4) is 5.75 Å². The van der Waals surface area contributed by atoms with Gasteiger partial charge >= 0.3 is 0 Å². The minimum absolute atomic E-state index is 0.0708. The molecule has 1 heteroatoms. The summed E-state index contributed by atoms with van der Waals surface area (Å²) in [7, 11) is 1.73. The van der Waals surface area contributed by atoms with E-state index < -0.39 is 0 Å². The second-order valence-electron chi connectivity index (χ2n) is 5.17. The Morgan fingerprint density at radius 2 is 2.00 bits per heavy atom. The Balaban J connectivity index is 3.57. The largest absolute Gasteiger partial charge is 0.496 e. The fraction of sp³-hybridized carbons (Fsp3) is 0.438. The molecule has 0 saturated heterocycles. The van der Waals surface area contributed by atoms with Crippen molar-refractivity contribution in [1.29, 1.82) is 0 Å². The molecule has 0 bridgehead atoms. The molecule has 1 aromatic rings. The van der Waals surface area contributed by atoms with Gasteiger partial charge in [0.15, 0.2) is 0 Å². The molecule has 0 N–H and O–H groups in total. The van der Waals surface area contributed by atoms with Gasteiger partial charge in [-0.15, -0.1) is 5.73 Å². The molecule has 1 rings (SSSR count). The molecule has 92 valence electrons. The summed E-state index contributed by atoms with van der Waals surface area (Å²) in [6.07, 6.45) is 2.89. The maximum absolute atomic E-state index is 5.60. The number of hydrogen-bond donors (Lipinski definition) is 0. The molecule has 0 spiro atoms. The van der Waals surface area contributed by atoms with Gasteiger partial charge in [0.1, 0.15) is 5.75 Å². The quantitative estimate of drug-likeness (QED) is 0.701. The molecule has 0 amide bonds. The van der Waals surface area contributed by atoms with Crippen molar-refractivity contribution in [3.63, 3.8) is 0 Å². The Bertz CT molecular complexity index is 443. The smallest absolute Gasteiger partial charge is 0.130 e. The molecular formula is C16H22O. The topological polar surface area (TPSA) is 9.23 Å². The molecule has 0 fully saturated rings. The highest BCUT2D eigenvalue weighted by molar-refractivity contribution is 5.64. The van der Waals surface area contributed by atoms with Crippen LogP contribution in [-0.2, 0) is 11.8 Å². The third-order valence-electron chi connectivity index (χ3n) is 2.93. The zero-order valence-electron chi connectivity index (χ0n) is 11.6. The monoisotopic (exact) mass is 230 g/mol. The molecular weight excluding hydrogens is 208 g/mol. The van der Waals surface area contributed by atoms with Gasteiger partial charge in [0.05, 0.1) is 7.11 Å². The summed E-state index contributed by atoms with van der Waals surface area (Å²) >= 11 is 0. The SMILES string of the molecule is C=C=Cc1c(CC)ccc(C(C)(C)C)c1OC. The maximum Gasteiger partial charge on any atom is 0.130 e. The fourth-order valence-electron chi connectivity index (χ4n) is 2.02. The van der Waals surface area contributed by atoms with E-state index in [9.17, 15) is 0 Å². The summed E-state index contributed by atoms with van der Waals surface area (Å²) in [5, 5.41) is 0. The lowest BCUT2D eigenvalue weighted by molar-refractivity contribution is 0.396. The third kappa shape index (κ3) is 2.81. The molecule has 17 heavy (non-hydrogen) atoms. The van der Waals surface area contributed by atoms with Gasteiger partial charge in [0, 0.05) is 11.1 Å². The van der Waals surface area contributed by atoms with E-state index in [-0.39, 0.29) is 5.41 Å². The second-order valence-corrected chi connectivity index (χ2v) is 5.17. The van der Waals surface area contributed by atoms with E-state index in [4.69, 9.17) is 4.74 Å². The second kappa shape index (κ2) is 5.25. The predicted molar refractivity (Wildman–Crippen MR) is 74.7 cm³/mol. The maximum atomic E-state index is 5.60.